The number of anilines is 2. The second-order valence-corrected chi connectivity index (χ2v) is 5.34. The number of aliphatic hydroxyl groups excluding tert-OH is 1. The summed E-state index contributed by atoms with van der Waals surface area (Å²) < 4.78 is 6.90. The lowest BCUT2D eigenvalue weighted by Gasteiger charge is -2.12. The predicted molar refractivity (Wildman–Crippen MR) is 96.3 cm³/mol. The fourth-order valence-electron chi connectivity index (χ4n) is 2.31. The van der Waals surface area contributed by atoms with E-state index in [4.69, 9.17) is 17.7 Å². The number of fused-ring (bicyclic) bond motifs is 1. The summed E-state index contributed by atoms with van der Waals surface area (Å²) in [6, 6.07) is 5.75. The molecule has 0 aliphatic heterocycles. The summed E-state index contributed by atoms with van der Waals surface area (Å²) in [6.07, 6.45) is 5.12. The molecule has 0 aromatic carbocycles. The molecule has 3 heterocycles. The van der Waals surface area contributed by atoms with Gasteiger partial charge < -0.3 is 20.5 Å². The topological polar surface area (TPSA) is 96.6 Å². The van der Waals surface area contributed by atoms with Crippen LogP contribution in [0.1, 0.15) is 5.56 Å². The van der Waals surface area contributed by atoms with E-state index in [0.29, 0.717) is 43.2 Å². The van der Waals surface area contributed by atoms with Gasteiger partial charge in [0.15, 0.2) is 5.65 Å². The van der Waals surface area contributed by atoms with E-state index in [0.717, 1.165) is 11.4 Å². The lowest BCUT2D eigenvalue weighted by atomic mass is 10.0. The highest BCUT2D eigenvalue weighted by Crippen LogP contribution is 2.15. The van der Waals surface area contributed by atoms with E-state index in [-0.39, 0.29) is 6.61 Å². The third-order valence-electron chi connectivity index (χ3n) is 3.48. The fraction of sp³-hybridized carbons (Fsp3) is 0.312. The maximum absolute atomic E-state index is 8.70. The van der Waals surface area contributed by atoms with Crippen LogP contribution in [0.15, 0.2) is 36.8 Å². The highest BCUT2D eigenvalue weighted by molar-refractivity contribution is 6.36. The molecule has 9 heteroatoms. The van der Waals surface area contributed by atoms with Gasteiger partial charge >= 0.3 is 0 Å². The van der Waals surface area contributed by atoms with E-state index in [9.17, 15) is 0 Å². The van der Waals surface area contributed by atoms with Crippen molar-refractivity contribution in [2.24, 2.45) is 0 Å². The van der Waals surface area contributed by atoms with Crippen molar-refractivity contribution in [3.8, 4) is 0 Å². The molecule has 0 fully saturated rings. The standard InChI is InChI=1S/C16H19BN6O2/c17-13-11-21-23-15(20-10-12-2-1-3-18-9-12)8-14(22-16(13)23)19-4-6-25-7-5-24/h1-3,8-9,11,20,24H,4-7,10H2,(H,19,22). The second-order valence-electron chi connectivity index (χ2n) is 5.34. The molecule has 0 aliphatic carbocycles. The van der Waals surface area contributed by atoms with Gasteiger partial charge in [0, 0.05) is 37.7 Å². The molecule has 3 N–H and O–H groups in total. The van der Waals surface area contributed by atoms with Gasteiger partial charge in [-0.25, -0.2) is 4.98 Å². The summed E-state index contributed by atoms with van der Waals surface area (Å²) in [5.41, 5.74) is 2.14. The summed E-state index contributed by atoms with van der Waals surface area (Å²) >= 11 is 0. The predicted octanol–water partition coefficient (Wildman–Crippen LogP) is -0.0490. The van der Waals surface area contributed by atoms with Crippen molar-refractivity contribution in [3.63, 3.8) is 0 Å². The largest absolute Gasteiger partial charge is 0.394 e. The summed E-state index contributed by atoms with van der Waals surface area (Å²) in [5.74, 6) is 1.44. The number of nitrogens with one attached hydrogen (secondary N) is 2. The first-order valence-electron chi connectivity index (χ1n) is 7.97. The zero-order valence-electron chi connectivity index (χ0n) is 13.7. The minimum Gasteiger partial charge on any atom is -0.394 e. The van der Waals surface area contributed by atoms with Crippen LogP contribution in [0.4, 0.5) is 11.6 Å². The Bertz CT molecular complexity index is 811. The maximum atomic E-state index is 8.70. The van der Waals surface area contributed by atoms with Crippen molar-refractivity contribution < 1.29 is 9.84 Å². The first-order valence-corrected chi connectivity index (χ1v) is 7.97. The lowest BCUT2D eigenvalue weighted by Crippen LogP contribution is -2.15. The Hall–Kier alpha value is -2.65. The average molecular weight is 338 g/mol. The molecule has 0 bridgehead atoms. The molecule has 3 rings (SSSR count). The molecule has 0 aliphatic rings. The van der Waals surface area contributed by atoms with E-state index >= 15 is 0 Å². The molecule has 3 aromatic heterocycles. The SMILES string of the molecule is [B]c1cnn2c(NCc3cccnc3)cc(NCCOCCO)nc12. The molecular formula is C16H19BN6O2. The third kappa shape index (κ3) is 4.46. The van der Waals surface area contributed by atoms with Crippen LogP contribution in [-0.4, -0.2) is 58.9 Å². The maximum Gasteiger partial charge on any atom is 0.152 e. The zero-order valence-corrected chi connectivity index (χ0v) is 13.7. The van der Waals surface area contributed by atoms with Crippen LogP contribution < -0.4 is 16.1 Å². The van der Waals surface area contributed by atoms with Crippen LogP contribution in [-0.2, 0) is 11.3 Å². The molecule has 8 nitrogen and oxygen atoms in total. The molecule has 0 atom stereocenters. The molecule has 3 aromatic rings. The monoisotopic (exact) mass is 338 g/mol. The van der Waals surface area contributed by atoms with Crippen molar-refractivity contribution in [3.05, 3.63) is 42.4 Å². The average Bonchev–Trinajstić information content (AvgIpc) is 3.02. The second kappa shape index (κ2) is 8.45. The van der Waals surface area contributed by atoms with Crippen LogP contribution in [0.3, 0.4) is 0 Å². The first-order chi connectivity index (χ1) is 12.3. The molecule has 0 amide bonds. The number of aromatic nitrogens is 4. The van der Waals surface area contributed by atoms with Gasteiger partial charge in [-0.2, -0.15) is 9.61 Å². The Morgan fingerprint density at radius 2 is 2.16 bits per heavy atom. The van der Waals surface area contributed by atoms with Crippen molar-refractivity contribution in [2.45, 2.75) is 6.54 Å². The highest BCUT2D eigenvalue weighted by Gasteiger charge is 2.09. The van der Waals surface area contributed by atoms with Gasteiger partial charge in [0.1, 0.15) is 19.5 Å². The Balaban J connectivity index is 1.73. The van der Waals surface area contributed by atoms with Crippen LogP contribution >= 0.6 is 0 Å². The molecule has 0 spiro atoms. The number of rotatable bonds is 9. The zero-order chi connectivity index (χ0) is 17.5. The number of hydrogen-bond donors (Lipinski definition) is 3. The van der Waals surface area contributed by atoms with Crippen LogP contribution in [0, 0.1) is 0 Å². The summed E-state index contributed by atoms with van der Waals surface area (Å²) in [6.45, 7) is 1.98. The molecule has 0 saturated carbocycles. The van der Waals surface area contributed by atoms with E-state index in [1.807, 2.05) is 18.2 Å². The number of pyridine rings is 1. The molecule has 128 valence electrons. The molecule has 2 radical (unpaired) electrons. The van der Waals surface area contributed by atoms with Crippen molar-refractivity contribution in [1.82, 2.24) is 19.6 Å². The number of ether oxygens (including phenoxy) is 1. The number of hydrogen-bond acceptors (Lipinski definition) is 7. The van der Waals surface area contributed by atoms with Gasteiger partial charge in [-0.3, -0.25) is 4.98 Å². The molecule has 25 heavy (non-hydrogen) atoms. The Morgan fingerprint density at radius 3 is 2.96 bits per heavy atom. The van der Waals surface area contributed by atoms with Crippen LogP contribution in [0.2, 0.25) is 0 Å². The van der Waals surface area contributed by atoms with Gasteiger partial charge in [0.25, 0.3) is 0 Å². The van der Waals surface area contributed by atoms with Gasteiger partial charge in [-0.1, -0.05) is 6.07 Å². The van der Waals surface area contributed by atoms with Crippen molar-refractivity contribution in [2.75, 3.05) is 37.0 Å². The number of aliphatic hydroxyl groups is 1. The third-order valence-corrected chi connectivity index (χ3v) is 3.48. The molecule has 0 saturated heterocycles. The molecular weight excluding hydrogens is 319 g/mol. The van der Waals surface area contributed by atoms with Gasteiger partial charge in [-0.05, 0) is 17.1 Å². The Labute approximate surface area is 146 Å². The van der Waals surface area contributed by atoms with Crippen molar-refractivity contribution in [1.29, 1.82) is 0 Å². The number of nitrogens with zero attached hydrogens (tertiary/aromatic N) is 4. The smallest absolute Gasteiger partial charge is 0.152 e. The van der Waals surface area contributed by atoms with Gasteiger partial charge in [-0.15, -0.1) is 0 Å². The lowest BCUT2D eigenvalue weighted by molar-refractivity contribution is 0.0992. The summed E-state index contributed by atoms with van der Waals surface area (Å²) in [5, 5.41) is 19.5. The Morgan fingerprint density at radius 1 is 1.24 bits per heavy atom. The summed E-state index contributed by atoms with van der Waals surface area (Å²) in [4.78, 5) is 8.58. The van der Waals surface area contributed by atoms with E-state index < -0.39 is 0 Å². The molecule has 0 unspecified atom stereocenters. The van der Waals surface area contributed by atoms with E-state index in [1.165, 1.54) is 0 Å². The minimum atomic E-state index is 0.0129. The minimum absolute atomic E-state index is 0.0129. The highest BCUT2D eigenvalue weighted by atomic mass is 16.5. The van der Waals surface area contributed by atoms with Crippen molar-refractivity contribution >= 4 is 30.6 Å². The first kappa shape index (κ1) is 17.2. The fourth-order valence-corrected chi connectivity index (χ4v) is 2.31. The van der Waals surface area contributed by atoms with E-state index in [1.54, 1.807) is 23.1 Å². The van der Waals surface area contributed by atoms with Crippen LogP contribution in [0.5, 0.6) is 0 Å². The summed E-state index contributed by atoms with van der Waals surface area (Å²) in [7, 11) is 5.95. The Kier molecular flexibility index (Phi) is 5.81. The van der Waals surface area contributed by atoms with E-state index in [2.05, 4.69) is 25.7 Å². The van der Waals surface area contributed by atoms with Crippen LogP contribution in [0.25, 0.3) is 5.65 Å². The van der Waals surface area contributed by atoms with Gasteiger partial charge in [0.2, 0.25) is 0 Å². The quantitative estimate of drug-likeness (QED) is 0.372. The van der Waals surface area contributed by atoms with Gasteiger partial charge in [0.05, 0.1) is 19.8 Å². The normalized spacial score (nSPS) is 10.9.